The summed E-state index contributed by atoms with van der Waals surface area (Å²) in [6, 6.07) is 0. The lowest BCUT2D eigenvalue weighted by atomic mass is 10.8. The summed E-state index contributed by atoms with van der Waals surface area (Å²) in [5.41, 5.74) is 0. The van der Waals surface area contributed by atoms with Gasteiger partial charge in [0.1, 0.15) is 5.03 Å². The summed E-state index contributed by atoms with van der Waals surface area (Å²) in [6.45, 7) is 0. The maximum atomic E-state index is 10.7. The van der Waals surface area contributed by atoms with Crippen molar-refractivity contribution < 1.29 is 4.21 Å². The van der Waals surface area contributed by atoms with Crippen LogP contribution in [-0.4, -0.2) is 20.4 Å². The molecule has 0 saturated heterocycles. The van der Waals surface area contributed by atoms with Crippen molar-refractivity contribution in [3.63, 3.8) is 0 Å². The zero-order valence-electron chi connectivity index (χ0n) is 4.94. The van der Waals surface area contributed by atoms with Gasteiger partial charge in [-0.3, -0.25) is 9.19 Å². The lowest BCUT2D eigenvalue weighted by molar-refractivity contribution is 0.683. The maximum absolute atomic E-state index is 10.7. The van der Waals surface area contributed by atoms with Crippen LogP contribution in [0, 0.1) is 0 Å². The summed E-state index contributed by atoms with van der Waals surface area (Å²) in [5, 5.41) is 0.525. The van der Waals surface area contributed by atoms with E-state index in [1.807, 2.05) is 0 Å². The lowest BCUT2D eigenvalue weighted by Gasteiger charge is -1.88. The highest BCUT2D eigenvalue weighted by Crippen LogP contribution is 1.93. The van der Waals surface area contributed by atoms with E-state index in [0.717, 1.165) is 0 Å². The van der Waals surface area contributed by atoms with Crippen molar-refractivity contribution in [3.8, 4) is 0 Å². The van der Waals surface area contributed by atoms with Crippen LogP contribution in [-0.2, 0) is 10.8 Å². The highest BCUT2D eigenvalue weighted by Gasteiger charge is 1.93. The third-order valence-corrected chi connectivity index (χ3v) is 1.63. The topological polar surface area (TPSA) is 42.9 Å². The molecule has 0 aromatic carbocycles. The van der Waals surface area contributed by atoms with Crippen molar-refractivity contribution in [2.45, 2.75) is 5.03 Å². The number of hydrogen-bond acceptors (Lipinski definition) is 3. The third-order valence-electron chi connectivity index (χ3n) is 0.834. The van der Waals surface area contributed by atoms with Gasteiger partial charge in [0.2, 0.25) is 0 Å². The van der Waals surface area contributed by atoms with Crippen molar-refractivity contribution in [2.75, 3.05) is 6.26 Å². The van der Waals surface area contributed by atoms with Crippen LogP contribution in [0.4, 0.5) is 0 Å². The number of rotatable bonds is 1. The zero-order valence-corrected chi connectivity index (χ0v) is 5.76. The summed E-state index contributed by atoms with van der Waals surface area (Å²) >= 11 is 0. The van der Waals surface area contributed by atoms with Gasteiger partial charge in [-0.1, -0.05) is 0 Å². The lowest BCUT2D eigenvalue weighted by Crippen LogP contribution is -1.90. The summed E-state index contributed by atoms with van der Waals surface area (Å²) < 4.78 is 10.7. The van der Waals surface area contributed by atoms with E-state index in [1.165, 1.54) is 12.4 Å². The first-order chi connectivity index (χ1) is 4.30. The Morgan fingerprint density at radius 2 is 2.33 bits per heavy atom. The molecule has 1 unspecified atom stereocenters. The van der Waals surface area contributed by atoms with E-state index in [4.69, 9.17) is 0 Å². The molecule has 48 valence electrons. The molecule has 1 rings (SSSR count). The fourth-order valence-corrected chi connectivity index (χ4v) is 0.852. The Morgan fingerprint density at radius 1 is 1.56 bits per heavy atom. The van der Waals surface area contributed by atoms with Gasteiger partial charge in [-0.25, -0.2) is 4.98 Å². The van der Waals surface area contributed by atoms with Gasteiger partial charge in [-0.2, -0.15) is 0 Å². The van der Waals surface area contributed by atoms with Gasteiger partial charge in [0, 0.05) is 18.6 Å². The molecular formula is C5H6N2OS. The van der Waals surface area contributed by atoms with Gasteiger partial charge in [-0.05, 0) is 0 Å². The smallest absolute Gasteiger partial charge is 0.145 e. The molecule has 0 N–H and O–H groups in total. The summed E-state index contributed by atoms with van der Waals surface area (Å²) in [7, 11) is -1.00. The van der Waals surface area contributed by atoms with E-state index in [-0.39, 0.29) is 0 Å². The first kappa shape index (κ1) is 6.35. The highest BCUT2D eigenvalue weighted by molar-refractivity contribution is 7.84. The predicted molar refractivity (Wildman–Crippen MR) is 34.4 cm³/mol. The van der Waals surface area contributed by atoms with Crippen molar-refractivity contribution in [1.29, 1.82) is 0 Å². The third kappa shape index (κ3) is 1.57. The van der Waals surface area contributed by atoms with E-state index in [0.29, 0.717) is 5.03 Å². The predicted octanol–water partition coefficient (Wildman–Crippen LogP) is 0.214. The van der Waals surface area contributed by atoms with Crippen LogP contribution >= 0.6 is 0 Å². The molecule has 0 radical (unpaired) electrons. The SMILES string of the molecule is CS(=O)c1cnccn1. The Kier molecular flexibility index (Phi) is 1.89. The van der Waals surface area contributed by atoms with E-state index >= 15 is 0 Å². The molecule has 0 saturated carbocycles. The molecule has 0 amide bonds. The van der Waals surface area contributed by atoms with E-state index in [2.05, 4.69) is 9.97 Å². The molecule has 0 aliphatic heterocycles. The minimum absolute atomic E-state index is 0.525. The maximum Gasteiger partial charge on any atom is 0.145 e. The molecule has 1 atom stereocenters. The summed E-state index contributed by atoms with van der Waals surface area (Å²) in [6.07, 6.45) is 6.15. The Labute approximate surface area is 55.6 Å². The molecule has 1 heterocycles. The van der Waals surface area contributed by atoms with E-state index < -0.39 is 10.8 Å². The molecule has 0 bridgehead atoms. The second-order valence-corrected chi connectivity index (χ2v) is 2.82. The average Bonchev–Trinajstić information content (AvgIpc) is 1.90. The van der Waals surface area contributed by atoms with E-state index in [1.54, 1.807) is 12.5 Å². The first-order valence-electron chi connectivity index (χ1n) is 2.40. The zero-order chi connectivity index (χ0) is 6.69. The van der Waals surface area contributed by atoms with Gasteiger partial charge in [0.15, 0.2) is 0 Å². The molecule has 0 aliphatic carbocycles. The standard InChI is InChI=1S/C5H6N2OS/c1-9(8)5-4-6-2-3-7-5/h2-4H,1H3. The molecule has 1 aromatic heterocycles. The molecule has 0 fully saturated rings. The van der Waals surface area contributed by atoms with Crippen LogP contribution in [0.3, 0.4) is 0 Å². The summed E-state index contributed by atoms with van der Waals surface area (Å²) in [5.74, 6) is 0. The molecular weight excluding hydrogens is 136 g/mol. The van der Waals surface area contributed by atoms with Gasteiger partial charge >= 0.3 is 0 Å². The van der Waals surface area contributed by atoms with Crippen LogP contribution in [0.15, 0.2) is 23.6 Å². The second-order valence-electron chi connectivity index (χ2n) is 1.50. The minimum atomic E-state index is -1.00. The van der Waals surface area contributed by atoms with Crippen LogP contribution in [0.1, 0.15) is 0 Å². The van der Waals surface area contributed by atoms with Crippen molar-refractivity contribution in [3.05, 3.63) is 18.6 Å². The fourth-order valence-electron chi connectivity index (χ4n) is 0.434. The van der Waals surface area contributed by atoms with Gasteiger partial charge < -0.3 is 0 Å². The molecule has 0 spiro atoms. The Bertz CT molecular complexity index is 211. The molecule has 3 nitrogen and oxygen atoms in total. The molecule has 9 heavy (non-hydrogen) atoms. The van der Waals surface area contributed by atoms with Crippen molar-refractivity contribution in [2.24, 2.45) is 0 Å². The number of nitrogens with zero attached hydrogens (tertiary/aromatic N) is 2. The molecule has 1 aromatic rings. The Hall–Kier alpha value is -0.770. The fraction of sp³-hybridized carbons (Fsp3) is 0.200. The van der Waals surface area contributed by atoms with Gasteiger partial charge in [0.25, 0.3) is 0 Å². The van der Waals surface area contributed by atoms with E-state index in [9.17, 15) is 4.21 Å². The Balaban J connectivity index is 2.98. The van der Waals surface area contributed by atoms with Crippen LogP contribution in [0.25, 0.3) is 0 Å². The molecule has 0 aliphatic rings. The highest BCUT2D eigenvalue weighted by atomic mass is 32.2. The minimum Gasteiger partial charge on any atom is -0.260 e. The van der Waals surface area contributed by atoms with Crippen LogP contribution in [0.5, 0.6) is 0 Å². The van der Waals surface area contributed by atoms with Crippen LogP contribution < -0.4 is 0 Å². The van der Waals surface area contributed by atoms with Gasteiger partial charge in [0.05, 0.1) is 17.0 Å². The Morgan fingerprint density at radius 3 is 2.67 bits per heavy atom. The second kappa shape index (κ2) is 2.68. The van der Waals surface area contributed by atoms with Crippen LogP contribution in [0.2, 0.25) is 0 Å². The monoisotopic (exact) mass is 142 g/mol. The first-order valence-corrected chi connectivity index (χ1v) is 3.96. The van der Waals surface area contributed by atoms with Crippen molar-refractivity contribution >= 4 is 10.8 Å². The van der Waals surface area contributed by atoms with Crippen molar-refractivity contribution in [1.82, 2.24) is 9.97 Å². The largest absolute Gasteiger partial charge is 0.260 e. The number of aromatic nitrogens is 2. The number of hydrogen-bond donors (Lipinski definition) is 0. The summed E-state index contributed by atoms with van der Waals surface area (Å²) in [4.78, 5) is 7.57. The molecule has 4 heteroatoms. The van der Waals surface area contributed by atoms with Gasteiger partial charge in [-0.15, -0.1) is 0 Å². The normalized spacial score (nSPS) is 13.0. The quantitative estimate of drug-likeness (QED) is 0.563. The average molecular weight is 142 g/mol.